The van der Waals surface area contributed by atoms with Crippen LogP contribution in [0.5, 0.6) is 0 Å². The van der Waals surface area contributed by atoms with E-state index in [9.17, 15) is 4.79 Å². The Morgan fingerprint density at radius 3 is 2.36 bits per heavy atom. The third kappa shape index (κ3) is 8.52. The van der Waals surface area contributed by atoms with E-state index in [0.29, 0.717) is 30.9 Å². The Hall–Kier alpha value is -3.70. The van der Waals surface area contributed by atoms with Gasteiger partial charge < -0.3 is 15.0 Å². The van der Waals surface area contributed by atoms with Crippen LogP contribution < -0.4 is 5.32 Å². The van der Waals surface area contributed by atoms with E-state index < -0.39 is 0 Å². The predicted octanol–water partition coefficient (Wildman–Crippen LogP) is 8.71. The average molecular weight is 611 g/mol. The Kier molecular flexibility index (Phi) is 14.1. The maximum atomic E-state index is 12.8. The lowest BCUT2D eigenvalue weighted by atomic mass is 9.68. The number of amides is 1. The molecule has 5 heteroatoms. The fraction of sp³-hybridized carbons (Fsp3) is 0.450. The van der Waals surface area contributed by atoms with E-state index in [1.54, 1.807) is 0 Å². The van der Waals surface area contributed by atoms with Crippen LogP contribution >= 0.6 is 0 Å². The van der Waals surface area contributed by atoms with Crippen molar-refractivity contribution >= 4 is 18.5 Å². The van der Waals surface area contributed by atoms with Crippen LogP contribution in [0.4, 0.5) is 0 Å². The molecule has 4 unspecified atom stereocenters. The van der Waals surface area contributed by atoms with Gasteiger partial charge in [-0.15, -0.1) is 0 Å². The molecule has 0 bridgehead atoms. The number of nitrogens with one attached hydrogen (secondary N) is 1. The highest BCUT2D eigenvalue weighted by Gasteiger charge is 2.45. The van der Waals surface area contributed by atoms with Crippen LogP contribution in [0.15, 0.2) is 78.9 Å². The number of rotatable bonds is 6. The highest BCUT2D eigenvalue weighted by molar-refractivity contribution is 5.94. The molecule has 1 saturated heterocycles. The van der Waals surface area contributed by atoms with Gasteiger partial charge in [-0.25, -0.2) is 0 Å². The van der Waals surface area contributed by atoms with E-state index in [-0.39, 0.29) is 11.3 Å². The van der Waals surface area contributed by atoms with Gasteiger partial charge in [0, 0.05) is 30.1 Å². The highest BCUT2D eigenvalue weighted by atomic mass is 16.5. The molecule has 1 N–H and O–H groups in total. The quantitative estimate of drug-likeness (QED) is 0.284. The summed E-state index contributed by atoms with van der Waals surface area (Å²) in [5.74, 6) is 1.21. The zero-order valence-electron chi connectivity index (χ0n) is 28.5. The van der Waals surface area contributed by atoms with Crippen molar-refractivity contribution in [2.75, 3.05) is 20.2 Å². The minimum atomic E-state index is 0.00145. The largest absolute Gasteiger partial charge is 0.471 e. The summed E-state index contributed by atoms with van der Waals surface area (Å²) in [7, 11) is 1.31. The van der Waals surface area contributed by atoms with E-state index in [1.165, 1.54) is 68.1 Å². The molecular weight excluding hydrogens is 556 g/mol. The molecule has 1 heterocycles. The SMILES string of the molecule is CC.CC.COC=O.Cc1cc(C(=O)NCc2ccccc2)ccc1C1CCC(N2CCC3(C=Cc4ccccc43)C(C)C2)C1. The first-order chi connectivity index (χ1) is 21.9. The van der Waals surface area contributed by atoms with Crippen LogP contribution in [0.25, 0.3) is 6.08 Å². The third-order valence-electron chi connectivity index (χ3n) is 9.51. The number of piperidine rings is 1. The van der Waals surface area contributed by atoms with Crippen LogP contribution in [-0.2, 0) is 21.5 Å². The van der Waals surface area contributed by atoms with Gasteiger partial charge in [0.15, 0.2) is 0 Å². The lowest BCUT2D eigenvalue weighted by Gasteiger charge is -2.46. The van der Waals surface area contributed by atoms with E-state index in [2.05, 4.69) is 77.4 Å². The maximum absolute atomic E-state index is 12.8. The summed E-state index contributed by atoms with van der Waals surface area (Å²) in [6.07, 6.45) is 9.81. The molecule has 1 saturated carbocycles. The fourth-order valence-corrected chi connectivity index (χ4v) is 7.28. The summed E-state index contributed by atoms with van der Waals surface area (Å²) in [5.41, 5.74) is 7.72. The van der Waals surface area contributed by atoms with Gasteiger partial charge in [-0.1, -0.05) is 107 Å². The van der Waals surface area contributed by atoms with Crippen molar-refractivity contribution in [2.24, 2.45) is 5.92 Å². The van der Waals surface area contributed by atoms with Crippen LogP contribution in [-0.4, -0.2) is 43.5 Å². The molecule has 1 spiro atoms. The predicted molar refractivity (Wildman–Crippen MR) is 187 cm³/mol. The topological polar surface area (TPSA) is 58.6 Å². The Morgan fingerprint density at radius 1 is 1.00 bits per heavy atom. The monoisotopic (exact) mass is 610 g/mol. The maximum Gasteiger partial charge on any atom is 0.292 e. The lowest BCUT2D eigenvalue weighted by Crippen LogP contribution is -2.50. The number of carbonyl (C=O) groups is 2. The van der Waals surface area contributed by atoms with Crippen molar-refractivity contribution in [1.82, 2.24) is 10.2 Å². The summed E-state index contributed by atoms with van der Waals surface area (Å²) < 4.78 is 3.86. The van der Waals surface area contributed by atoms with Crippen molar-refractivity contribution in [3.8, 4) is 0 Å². The smallest absolute Gasteiger partial charge is 0.292 e. The minimum absolute atomic E-state index is 0.00145. The van der Waals surface area contributed by atoms with Crippen molar-refractivity contribution in [3.63, 3.8) is 0 Å². The number of carbonyl (C=O) groups excluding carboxylic acids is 2. The Bertz CT molecular complexity index is 1390. The molecule has 3 aromatic carbocycles. The second-order valence-electron chi connectivity index (χ2n) is 11.8. The number of nitrogens with zero attached hydrogens (tertiary/aromatic N) is 1. The molecule has 4 atom stereocenters. The van der Waals surface area contributed by atoms with Crippen LogP contribution in [0.2, 0.25) is 0 Å². The molecule has 5 nitrogen and oxygen atoms in total. The van der Waals surface area contributed by atoms with E-state index in [0.717, 1.165) is 11.1 Å². The number of methoxy groups -OCH3 is 1. The van der Waals surface area contributed by atoms with E-state index >= 15 is 0 Å². The lowest BCUT2D eigenvalue weighted by molar-refractivity contribution is -0.126. The Balaban J connectivity index is 0.000000631. The normalized spacial score (nSPS) is 22.9. The van der Waals surface area contributed by atoms with Gasteiger partial charge in [0.2, 0.25) is 0 Å². The zero-order valence-corrected chi connectivity index (χ0v) is 28.5. The molecule has 2 fully saturated rings. The molecule has 3 aromatic rings. The molecule has 6 rings (SSSR count). The Labute approximate surface area is 272 Å². The first-order valence-corrected chi connectivity index (χ1v) is 16.9. The molecule has 1 aliphatic heterocycles. The second kappa shape index (κ2) is 17.7. The summed E-state index contributed by atoms with van der Waals surface area (Å²) in [6.45, 7) is 15.9. The van der Waals surface area contributed by atoms with Crippen molar-refractivity contribution in [1.29, 1.82) is 0 Å². The number of likely N-dealkylation sites (tertiary alicyclic amines) is 1. The molecule has 0 aromatic heterocycles. The van der Waals surface area contributed by atoms with Crippen molar-refractivity contribution in [2.45, 2.75) is 91.1 Å². The molecule has 45 heavy (non-hydrogen) atoms. The summed E-state index contributed by atoms with van der Waals surface area (Å²) in [6, 6.07) is 26.0. The Morgan fingerprint density at radius 2 is 1.69 bits per heavy atom. The number of allylic oxidation sites excluding steroid dienone is 1. The number of aryl methyl sites for hydroxylation is 1. The average Bonchev–Trinajstić information content (AvgIpc) is 3.74. The van der Waals surface area contributed by atoms with Crippen LogP contribution in [0.1, 0.15) is 104 Å². The van der Waals surface area contributed by atoms with Gasteiger partial charge in [0.05, 0.1) is 7.11 Å². The van der Waals surface area contributed by atoms with Crippen molar-refractivity contribution in [3.05, 3.63) is 112 Å². The number of ether oxygens (including phenoxy) is 1. The van der Waals surface area contributed by atoms with Gasteiger partial charge in [0.1, 0.15) is 0 Å². The van der Waals surface area contributed by atoms with Gasteiger partial charge in [0.25, 0.3) is 12.4 Å². The first-order valence-electron chi connectivity index (χ1n) is 16.9. The van der Waals surface area contributed by atoms with Gasteiger partial charge in [-0.3, -0.25) is 9.59 Å². The van der Waals surface area contributed by atoms with Crippen molar-refractivity contribution < 1.29 is 14.3 Å². The van der Waals surface area contributed by atoms with Crippen LogP contribution in [0, 0.1) is 12.8 Å². The molecule has 2 aliphatic carbocycles. The summed E-state index contributed by atoms with van der Waals surface area (Å²) >= 11 is 0. The zero-order chi connectivity index (χ0) is 32.8. The number of fused-ring (bicyclic) bond motifs is 2. The van der Waals surface area contributed by atoms with E-state index in [1.807, 2.05) is 64.1 Å². The summed E-state index contributed by atoms with van der Waals surface area (Å²) in [5, 5.41) is 3.06. The molecular formula is C40H54N2O3. The standard InChI is InChI=1S/C34H38N2O.C2H4O2.2C2H6/c1-24-20-29(33(37)35-22-26-8-4-3-5-9-26)13-15-31(24)28-12-14-30(21-28)36-19-18-34(25(2)23-36)17-16-27-10-6-7-11-32(27)34;1-4-2-3;2*1-2/h3-11,13,15-17,20,25,28,30H,12,14,18-19,21-23H2,1-2H3,(H,35,37);2H,1H3;2*1-2H3. The van der Waals surface area contributed by atoms with E-state index in [4.69, 9.17) is 4.79 Å². The molecule has 3 aliphatic rings. The highest BCUT2D eigenvalue weighted by Crippen LogP contribution is 2.48. The molecule has 1 amide bonds. The minimum Gasteiger partial charge on any atom is -0.471 e. The van der Waals surface area contributed by atoms with Gasteiger partial charge >= 0.3 is 0 Å². The molecule has 242 valence electrons. The molecule has 0 radical (unpaired) electrons. The second-order valence-corrected chi connectivity index (χ2v) is 11.8. The van der Waals surface area contributed by atoms with Crippen LogP contribution in [0.3, 0.4) is 0 Å². The van der Waals surface area contributed by atoms with Gasteiger partial charge in [-0.05, 0) is 90.9 Å². The summed E-state index contributed by atoms with van der Waals surface area (Å²) in [4.78, 5) is 24.5. The third-order valence-corrected chi connectivity index (χ3v) is 9.51. The number of hydrogen-bond donors (Lipinski definition) is 1. The first kappa shape index (κ1) is 35.8. The number of hydrogen-bond acceptors (Lipinski definition) is 4. The number of benzene rings is 3. The van der Waals surface area contributed by atoms with Gasteiger partial charge in [-0.2, -0.15) is 0 Å². The fourth-order valence-electron chi connectivity index (χ4n) is 7.28.